The van der Waals surface area contributed by atoms with Crippen LogP contribution in [-0.4, -0.2) is 11.6 Å². The van der Waals surface area contributed by atoms with E-state index in [0.717, 1.165) is 18.4 Å². The summed E-state index contributed by atoms with van der Waals surface area (Å²) in [5.74, 6) is 0.372. The Kier molecular flexibility index (Phi) is 3.02. The van der Waals surface area contributed by atoms with E-state index in [4.69, 9.17) is 0 Å². The molecule has 1 aliphatic rings. The van der Waals surface area contributed by atoms with E-state index in [2.05, 4.69) is 6.58 Å². The Bertz CT molecular complexity index is 253. The second kappa shape index (κ2) is 3.86. The molecule has 0 heterocycles. The van der Waals surface area contributed by atoms with Gasteiger partial charge < -0.3 is 0 Å². The van der Waals surface area contributed by atoms with Gasteiger partial charge in [-0.2, -0.15) is 0 Å². The predicted octanol–water partition coefficient (Wildman–Crippen LogP) is 2.14. The van der Waals surface area contributed by atoms with Crippen LogP contribution >= 0.6 is 0 Å². The molecule has 2 nitrogen and oxygen atoms in total. The van der Waals surface area contributed by atoms with Gasteiger partial charge in [-0.3, -0.25) is 9.59 Å². The first kappa shape index (κ1) is 10.2. The van der Waals surface area contributed by atoms with Crippen molar-refractivity contribution in [3.63, 3.8) is 0 Å². The molecule has 0 amide bonds. The van der Waals surface area contributed by atoms with Crippen molar-refractivity contribution in [1.82, 2.24) is 0 Å². The van der Waals surface area contributed by atoms with Gasteiger partial charge in [-0.25, -0.2) is 0 Å². The molecule has 0 saturated heterocycles. The second-order valence-electron chi connectivity index (χ2n) is 3.90. The molecule has 1 fully saturated rings. The molecule has 0 aromatic heterocycles. The highest BCUT2D eigenvalue weighted by molar-refractivity contribution is 5.84. The normalized spacial score (nSPS) is 28.6. The quantitative estimate of drug-likeness (QED) is 0.610. The zero-order valence-electron chi connectivity index (χ0n) is 8.30. The van der Waals surface area contributed by atoms with Gasteiger partial charge in [0, 0.05) is 11.8 Å². The van der Waals surface area contributed by atoms with Gasteiger partial charge in [-0.1, -0.05) is 12.2 Å². The lowest BCUT2D eigenvalue weighted by atomic mass is 9.75. The molecule has 0 aromatic carbocycles. The summed E-state index contributed by atoms with van der Waals surface area (Å²) in [6, 6.07) is 0. The first-order valence-electron chi connectivity index (χ1n) is 4.71. The second-order valence-corrected chi connectivity index (χ2v) is 3.90. The van der Waals surface area contributed by atoms with E-state index in [1.54, 1.807) is 13.8 Å². The smallest absolute Gasteiger partial charge is 0.136 e. The lowest BCUT2D eigenvalue weighted by Gasteiger charge is -2.27. The topological polar surface area (TPSA) is 34.1 Å². The number of ketones is 2. The van der Waals surface area contributed by atoms with E-state index in [1.807, 2.05) is 0 Å². The van der Waals surface area contributed by atoms with Crippen LogP contribution in [0.2, 0.25) is 0 Å². The van der Waals surface area contributed by atoms with E-state index in [9.17, 15) is 9.59 Å². The van der Waals surface area contributed by atoms with Crippen LogP contribution in [0.25, 0.3) is 0 Å². The summed E-state index contributed by atoms with van der Waals surface area (Å²) in [5.41, 5.74) is 1.00. The summed E-state index contributed by atoms with van der Waals surface area (Å²) in [7, 11) is 0. The molecule has 0 spiro atoms. The number of hydrogen-bond donors (Lipinski definition) is 0. The summed E-state index contributed by atoms with van der Waals surface area (Å²) in [6.07, 6.45) is 2.38. The van der Waals surface area contributed by atoms with E-state index in [-0.39, 0.29) is 23.4 Å². The first-order valence-corrected chi connectivity index (χ1v) is 4.71. The summed E-state index contributed by atoms with van der Waals surface area (Å²) in [6.45, 7) is 7.07. The molecule has 0 bridgehead atoms. The van der Waals surface area contributed by atoms with Crippen molar-refractivity contribution >= 4 is 11.6 Å². The zero-order valence-corrected chi connectivity index (χ0v) is 8.30. The van der Waals surface area contributed by atoms with Crippen molar-refractivity contribution in [1.29, 1.82) is 0 Å². The van der Waals surface area contributed by atoms with Crippen LogP contribution in [0.4, 0.5) is 0 Å². The number of Topliss-reactive ketones (excluding diaryl/α,β-unsaturated/α-hetero) is 2. The van der Waals surface area contributed by atoms with E-state index < -0.39 is 0 Å². The maximum absolute atomic E-state index is 11.2. The molecule has 2 heteroatoms. The molecular formula is C11H16O2. The molecular weight excluding hydrogens is 164 g/mol. The molecule has 0 N–H and O–H groups in total. The van der Waals surface area contributed by atoms with Crippen molar-refractivity contribution in [3.05, 3.63) is 12.2 Å². The minimum atomic E-state index is -0.0670. The van der Waals surface area contributed by atoms with Crippen LogP contribution in [-0.2, 0) is 9.59 Å². The van der Waals surface area contributed by atoms with Crippen LogP contribution in [0.15, 0.2) is 12.2 Å². The van der Waals surface area contributed by atoms with Crippen molar-refractivity contribution < 1.29 is 9.59 Å². The monoisotopic (exact) mass is 180 g/mol. The Morgan fingerprint density at radius 2 is 1.92 bits per heavy atom. The van der Waals surface area contributed by atoms with Crippen molar-refractivity contribution in [2.45, 2.75) is 33.1 Å². The van der Waals surface area contributed by atoms with Crippen LogP contribution in [0.3, 0.4) is 0 Å². The minimum absolute atomic E-state index is 0.0670. The lowest BCUT2D eigenvalue weighted by molar-refractivity contribution is -0.124. The Hall–Kier alpha value is -0.920. The fraction of sp³-hybridized carbons (Fsp3) is 0.636. The lowest BCUT2D eigenvalue weighted by Crippen LogP contribution is -2.26. The van der Waals surface area contributed by atoms with Crippen LogP contribution < -0.4 is 0 Å². The summed E-state index contributed by atoms with van der Waals surface area (Å²) < 4.78 is 0. The number of carbonyl (C=O) groups excluding carboxylic acids is 2. The minimum Gasteiger partial charge on any atom is -0.300 e. The molecule has 72 valence electrons. The maximum atomic E-state index is 11.2. The molecule has 0 radical (unpaired) electrons. The molecule has 0 aromatic rings. The Balaban J connectivity index is 2.68. The number of allylic oxidation sites excluding steroid dienone is 1. The highest BCUT2D eigenvalue weighted by Crippen LogP contribution is 2.33. The largest absolute Gasteiger partial charge is 0.300 e. The molecule has 2 atom stereocenters. The fourth-order valence-electron chi connectivity index (χ4n) is 1.93. The van der Waals surface area contributed by atoms with E-state index >= 15 is 0 Å². The molecule has 1 rings (SSSR count). The predicted molar refractivity (Wildman–Crippen MR) is 51.3 cm³/mol. The number of rotatable bonds is 2. The average Bonchev–Trinajstić information content (AvgIpc) is 2.04. The molecule has 0 unspecified atom stereocenters. The summed E-state index contributed by atoms with van der Waals surface area (Å²) in [5, 5.41) is 0. The van der Waals surface area contributed by atoms with E-state index in [1.165, 1.54) is 0 Å². The standard InChI is InChI=1S/C11H16O2/c1-7-4-5-10(8(2)12)6-11(7)9(3)13/h10-11H,1,4-6H2,2-3H3/t10-,11-/m1/s1. The van der Waals surface area contributed by atoms with Crippen molar-refractivity contribution in [3.8, 4) is 0 Å². The SMILES string of the molecule is C=C1CC[C@@H](C(C)=O)C[C@H]1C(C)=O. The van der Waals surface area contributed by atoms with Crippen molar-refractivity contribution in [2.75, 3.05) is 0 Å². The third-order valence-electron chi connectivity index (χ3n) is 2.89. The third-order valence-corrected chi connectivity index (χ3v) is 2.89. The highest BCUT2D eigenvalue weighted by Gasteiger charge is 2.29. The van der Waals surface area contributed by atoms with Gasteiger partial charge in [0.25, 0.3) is 0 Å². The summed E-state index contributed by atoms with van der Waals surface area (Å²) >= 11 is 0. The summed E-state index contributed by atoms with van der Waals surface area (Å²) in [4.78, 5) is 22.3. The Labute approximate surface area is 79.0 Å². The third kappa shape index (κ3) is 2.27. The van der Waals surface area contributed by atoms with Gasteiger partial charge in [0.1, 0.15) is 11.6 Å². The van der Waals surface area contributed by atoms with E-state index in [0.29, 0.717) is 6.42 Å². The highest BCUT2D eigenvalue weighted by atomic mass is 16.1. The van der Waals surface area contributed by atoms with Gasteiger partial charge in [-0.15, -0.1) is 0 Å². The number of carbonyl (C=O) groups is 2. The van der Waals surface area contributed by atoms with Gasteiger partial charge in [0.15, 0.2) is 0 Å². The van der Waals surface area contributed by atoms with Crippen molar-refractivity contribution in [2.24, 2.45) is 11.8 Å². The van der Waals surface area contributed by atoms with Crippen LogP contribution in [0.1, 0.15) is 33.1 Å². The number of hydrogen-bond acceptors (Lipinski definition) is 2. The maximum Gasteiger partial charge on any atom is 0.136 e. The Morgan fingerprint density at radius 1 is 1.31 bits per heavy atom. The van der Waals surface area contributed by atoms with Gasteiger partial charge in [0.05, 0.1) is 0 Å². The molecule has 0 aliphatic heterocycles. The van der Waals surface area contributed by atoms with Crippen LogP contribution in [0.5, 0.6) is 0 Å². The average molecular weight is 180 g/mol. The molecule has 13 heavy (non-hydrogen) atoms. The van der Waals surface area contributed by atoms with Gasteiger partial charge >= 0.3 is 0 Å². The van der Waals surface area contributed by atoms with Gasteiger partial charge in [-0.05, 0) is 33.1 Å². The zero-order chi connectivity index (χ0) is 10.0. The fourth-order valence-corrected chi connectivity index (χ4v) is 1.93. The molecule has 1 aliphatic carbocycles. The Morgan fingerprint density at radius 3 is 2.38 bits per heavy atom. The van der Waals surface area contributed by atoms with Gasteiger partial charge in [0.2, 0.25) is 0 Å². The first-order chi connectivity index (χ1) is 6.02. The van der Waals surface area contributed by atoms with Crippen LogP contribution in [0, 0.1) is 11.8 Å². The molecule has 1 saturated carbocycles.